The second kappa shape index (κ2) is 8.39. The molecule has 3 heterocycles. The monoisotopic (exact) mass is 422 g/mol. The van der Waals surface area contributed by atoms with Crippen LogP contribution in [0.25, 0.3) is 22.3 Å². The van der Waals surface area contributed by atoms with E-state index in [1.807, 2.05) is 19.2 Å². The van der Waals surface area contributed by atoms with Crippen LogP contribution >= 0.6 is 11.6 Å². The van der Waals surface area contributed by atoms with Crippen LogP contribution in [0, 0.1) is 18.3 Å². The van der Waals surface area contributed by atoms with Gasteiger partial charge < -0.3 is 15.0 Å². The number of aromatic amines is 1. The van der Waals surface area contributed by atoms with E-state index in [2.05, 4.69) is 36.4 Å². The van der Waals surface area contributed by atoms with E-state index in [1.165, 1.54) is 6.33 Å². The van der Waals surface area contributed by atoms with Crippen LogP contribution in [0.1, 0.15) is 11.1 Å². The third-order valence-electron chi connectivity index (χ3n) is 4.82. The van der Waals surface area contributed by atoms with Crippen LogP contribution < -0.4 is 10.1 Å². The van der Waals surface area contributed by atoms with Crippen LogP contribution in [0.5, 0.6) is 5.75 Å². The maximum Gasteiger partial charge on any atom is 0.182 e. The van der Waals surface area contributed by atoms with Crippen LogP contribution in [0.2, 0.25) is 5.02 Å². The number of nitrogens with one attached hydrogen (secondary N) is 2. The molecule has 0 radical (unpaired) electrons. The van der Waals surface area contributed by atoms with Gasteiger partial charge in [-0.3, -0.25) is 4.68 Å². The van der Waals surface area contributed by atoms with E-state index in [-0.39, 0.29) is 6.54 Å². The number of hydrogen-bond acceptors (Lipinski definition) is 7. The summed E-state index contributed by atoms with van der Waals surface area (Å²) < 4.78 is 7.35. The normalized spacial score (nSPS) is 10.9. The maximum absolute atomic E-state index is 8.91. The highest BCUT2D eigenvalue weighted by molar-refractivity contribution is 6.32. The van der Waals surface area contributed by atoms with Gasteiger partial charge in [0.15, 0.2) is 11.5 Å². The minimum absolute atomic E-state index is 0.180. The fraction of sp³-hybridized carbons (Fsp3) is 0.250. The summed E-state index contributed by atoms with van der Waals surface area (Å²) in [4.78, 5) is 15.6. The summed E-state index contributed by atoms with van der Waals surface area (Å²) in [5, 5.41) is 17.1. The Bertz CT molecular complexity index is 1240. The number of benzene rings is 1. The molecule has 0 aliphatic rings. The molecule has 4 aromatic rings. The quantitative estimate of drug-likeness (QED) is 0.468. The number of imidazole rings is 1. The lowest BCUT2D eigenvalue weighted by molar-refractivity contribution is 0.411. The average molecular weight is 423 g/mol. The standard InChI is InChI=1S/C20H19ClN8O/c1-12-15(21)7-13(3-5-23-19-17-20(25-10-24-17)27-11-26-19)18(30-2)16(12)14-8-28-29(9-14)6-4-22/h7-11H,3,5-6H2,1-2H3,(H2,23,24,25,26,27). The maximum atomic E-state index is 8.91. The third kappa shape index (κ3) is 3.65. The van der Waals surface area contributed by atoms with E-state index in [0.717, 1.165) is 33.5 Å². The van der Waals surface area contributed by atoms with Crippen molar-refractivity contribution in [1.82, 2.24) is 29.7 Å². The lowest BCUT2D eigenvalue weighted by atomic mass is 9.97. The molecule has 0 aliphatic carbocycles. The van der Waals surface area contributed by atoms with Crippen LogP contribution in [0.3, 0.4) is 0 Å². The Labute approximate surface area is 177 Å². The number of anilines is 1. The van der Waals surface area contributed by atoms with Gasteiger partial charge in [-0.1, -0.05) is 11.6 Å². The molecule has 0 atom stereocenters. The summed E-state index contributed by atoms with van der Waals surface area (Å²) in [6.07, 6.45) is 7.26. The Morgan fingerprint density at radius 3 is 3.00 bits per heavy atom. The zero-order valence-corrected chi connectivity index (χ0v) is 17.2. The molecule has 0 saturated carbocycles. The van der Waals surface area contributed by atoms with Gasteiger partial charge in [0.25, 0.3) is 0 Å². The molecule has 4 rings (SSSR count). The second-order valence-electron chi connectivity index (χ2n) is 6.64. The molecule has 3 aromatic heterocycles. The smallest absolute Gasteiger partial charge is 0.182 e. The van der Waals surface area contributed by atoms with E-state index in [0.29, 0.717) is 29.5 Å². The van der Waals surface area contributed by atoms with Crippen LogP contribution in [-0.2, 0) is 13.0 Å². The van der Waals surface area contributed by atoms with Gasteiger partial charge >= 0.3 is 0 Å². The second-order valence-corrected chi connectivity index (χ2v) is 7.04. The molecular weight excluding hydrogens is 404 g/mol. The number of H-pyrrole nitrogens is 1. The van der Waals surface area contributed by atoms with Crippen molar-refractivity contribution >= 4 is 28.6 Å². The van der Waals surface area contributed by atoms with Gasteiger partial charge in [-0.2, -0.15) is 10.4 Å². The first kappa shape index (κ1) is 19.7. The summed E-state index contributed by atoms with van der Waals surface area (Å²) in [6.45, 7) is 2.73. The van der Waals surface area contributed by atoms with Gasteiger partial charge in [0, 0.05) is 28.9 Å². The number of rotatable bonds is 7. The van der Waals surface area contributed by atoms with E-state index in [4.69, 9.17) is 21.6 Å². The number of nitriles is 1. The Kier molecular flexibility index (Phi) is 5.50. The zero-order valence-electron chi connectivity index (χ0n) is 16.5. The predicted octanol–water partition coefficient (Wildman–Crippen LogP) is 3.37. The molecule has 30 heavy (non-hydrogen) atoms. The Hall–Kier alpha value is -3.64. The lowest BCUT2D eigenvalue weighted by Gasteiger charge is -2.17. The number of methoxy groups -OCH3 is 1. The Morgan fingerprint density at radius 1 is 1.33 bits per heavy atom. The van der Waals surface area contributed by atoms with Crippen molar-refractivity contribution in [3.8, 4) is 22.9 Å². The van der Waals surface area contributed by atoms with Gasteiger partial charge in [0.2, 0.25) is 0 Å². The van der Waals surface area contributed by atoms with E-state index < -0.39 is 0 Å². The largest absolute Gasteiger partial charge is 0.496 e. The summed E-state index contributed by atoms with van der Waals surface area (Å²) in [7, 11) is 1.64. The van der Waals surface area contributed by atoms with E-state index in [9.17, 15) is 0 Å². The molecule has 2 N–H and O–H groups in total. The number of fused-ring (bicyclic) bond motifs is 1. The fourth-order valence-corrected chi connectivity index (χ4v) is 3.64. The summed E-state index contributed by atoms with van der Waals surface area (Å²) >= 11 is 6.54. The van der Waals surface area contributed by atoms with Gasteiger partial charge in [-0.25, -0.2) is 15.0 Å². The molecule has 0 amide bonds. The minimum Gasteiger partial charge on any atom is -0.496 e. The van der Waals surface area contributed by atoms with Crippen molar-refractivity contribution < 1.29 is 4.74 Å². The van der Waals surface area contributed by atoms with Gasteiger partial charge in [-0.15, -0.1) is 0 Å². The van der Waals surface area contributed by atoms with E-state index >= 15 is 0 Å². The molecule has 0 saturated heterocycles. The molecule has 0 bridgehead atoms. The number of halogens is 1. The molecule has 0 spiro atoms. The molecule has 9 nitrogen and oxygen atoms in total. The summed E-state index contributed by atoms with van der Waals surface area (Å²) in [6, 6.07) is 4.01. The van der Waals surface area contributed by atoms with Crippen LogP contribution in [0.4, 0.5) is 5.82 Å². The Morgan fingerprint density at radius 2 is 2.20 bits per heavy atom. The number of aromatic nitrogens is 6. The lowest BCUT2D eigenvalue weighted by Crippen LogP contribution is -2.09. The third-order valence-corrected chi connectivity index (χ3v) is 5.21. The SMILES string of the molecule is COc1c(CCNc2ncnc3nc[nH]c23)cc(Cl)c(C)c1-c1cnn(CC#N)c1. The van der Waals surface area contributed by atoms with E-state index in [1.54, 1.807) is 24.3 Å². The highest BCUT2D eigenvalue weighted by Gasteiger charge is 2.18. The average Bonchev–Trinajstić information content (AvgIpc) is 3.40. The van der Waals surface area contributed by atoms with Crippen molar-refractivity contribution in [3.05, 3.63) is 47.3 Å². The fourth-order valence-electron chi connectivity index (χ4n) is 3.41. The Balaban J connectivity index is 1.62. The van der Waals surface area contributed by atoms with Crippen molar-refractivity contribution in [2.75, 3.05) is 19.0 Å². The first-order valence-electron chi connectivity index (χ1n) is 9.26. The van der Waals surface area contributed by atoms with Crippen LogP contribution in [-0.4, -0.2) is 43.4 Å². The topological polar surface area (TPSA) is 117 Å². The van der Waals surface area contributed by atoms with Gasteiger partial charge in [0.1, 0.15) is 24.1 Å². The number of ether oxygens (including phenoxy) is 1. The van der Waals surface area contributed by atoms with Gasteiger partial charge in [0.05, 0.1) is 25.7 Å². The van der Waals surface area contributed by atoms with Crippen molar-refractivity contribution in [2.45, 2.75) is 19.9 Å². The minimum atomic E-state index is 0.180. The number of nitrogens with zero attached hydrogens (tertiary/aromatic N) is 6. The molecule has 1 aromatic carbocycles. The molecule has 10 heteroatoms. The predicted molar refractivity (Wildman–Crippen MR) is 113 cm³/mol. The van der Waals surface area contributed by atoms with Crippen LogP contribution in [0.15, 0.2) is 31.1 Å². The van der Waals surface area contributed by atoms with Crippen molar-refractivity contribution in [3.63, 3.8) is 0 Å². The highest BCUT2D eigenvalue weighted by atomic mass is 35.5. The van der Waals surface area contributed by atoms with Crippen molar-refractivity contribution in [1.29, 1.82) is 5.26 Å². The first-order chi connectivity index (χ1) is 14.6. The van der Waals surface area contributed by atoms with Gasteiger partial charge in [-0.05, 0) is 30.5 Å². The molecule has 0 fully saturated rings. The first-order valence-corrected chi connectivity index (χ1v) is 9.64. The summed E-state index contributed by atoms with van der Waals surface area (Å²) in [5.74, 6) is 1.43. The highest BCUT2D eigenvalue weighted by Crippen LogP contribution is 2.40. The molecule has 0 unspecified atom stereocenters. The molecule has 0 aliphatic heterocycles. The summed E-state index contributed by atoms with van der Waals surface area (Å²) in [5.41, 5.74) is 4.96. The number of hydrogen-bond donors (Lipinski definition) is 2. The molecule has 152 valence electrons. The molecular formula is C20H19ClN8O. The zero-order chi connectivity index (χ0) is 21.1. The van der Waals surface area contributed by atoms with Crippen molar-refractivity contribution in [2.24, 2.45) is 0 Å².